The summed E-state index contributed by atoms with van der Waals surface area (Å²) in [5, 5.41) is 23.5. The summed E-state index contributed by atoms with van der Waals surface area (Å²) in [5.41, 5.74) is 0. The van der Waals surface area contributed by atoms with Crippen LogP contribution in [0.15, 0.2) is 28.8 Å². The van der Waals surface area contributed by atoms with Crippen LogP contribution >= 0.6 is 11.3 Å². The molecule has 0 amide bonds. The van der Waals surface area contributed by atoms with Crippen molar-refractivity contribution in [1.82, 2.24) is 20.8 Å². The molecule has 0 atom stereocenters. The molecule has 2 aliphatic rings. The third kappa shape index (κ3) is 4.14. The Morgan fingerprint density at radius 2 is 2.36 bits per heavy atom. The van der Waals surface area contributed by atoms with Gasteiger partial charge in [-0.3, -0.25) is 0 Å². The van der Waals surface area contributed by atoms with Crippen LogP contribution in [0.5, 0.6) is 0 Å². The van der Waals surface area contributed by atoms with E-state index in [1.165, 1.54) is 19.1 Å². The highest BCUT2D eigenvalue weighted by Gasteiger charge is 2.23. The molecule has 0 spiro atoms. The molecule has 7 nitrogen and oxygen atoms in total. The quantitative estimate of drug-likeness (QED) is 0.694. The number of aryl methyl sites for hydroxylation is 1. The zero-order chi connectivity index (χ0) is 15.4. The molecule has 0 bridgehead atoms. The topological polar surface area (TPSA) is 95.3 Å². The summed E-state index contributed by atoms with van der Waals surface area (Å²) >= 11 is 1.56. The molecule has 3 N–H and O–H groups in total. The van der Waals surface area contributed by atoms with Gasteiger partial charge in [0.2, 0.25) is 5.90 Å². The Bertz CT molecular complexity index is 644. The predicted octanol–water partition coefficient (Wildman–Crippen LogP) is 1.70. The van der Waals surface area contributed by atoms with Gasteiger partial charge in [-0.1, -0.05) is 11.3 Å². The number of nitrogens with one attached hydrogen (secondary N) is 3. The van der Waals surface area contributed by atoms with E-state index in [-0.39, 0.29) is 0 Å². The van der Waals surface area contributed by atoms with Gasteiger partial charge in [0, 0.05) is 12.3 Å². The van der Waals surface area contributed by atoms with Crippen LogP contribution in [0.25, 0.3) is 0 Å². The average molecular weight is 318 g/mol. The van der Waals surface area contributed by atoms with Crippen LogP contribution in [-0.2, 0) is 11.3 Å². The van der Waals surface area contributed by atoms with E-state index in [0.29, 0.717) is 30.8 Å². The highest BCUT2D eigenvalue weighted by Crippen LogP contribution is 2.29. The minimum Gasteiger partial charge on any atom is -0.477 e. The van der Waals surface area contributed by atoms with Gasteiger partial charge in [-0.15, -0.1) is 10.2 Å². The molecular weight excluding hydrogens is 300 g/mol. The molecule has 8 heteroatoms. The number of rotatable bonds is 6. The smallest absolute Gasteiger partial charge is 0.218 e. The molecule has 0 saturated heterocycles. The highest BCUT2D eigenvalue weighted by atomic mass is 32.1. The summed E-state index contributed by atoms with van der Waals surface area (Å²) < 4.78 is 5.72. The number of ether oxygens (including phenoxy) is 1. The summed E-state index contributed by atoms with van der Waals surface area (Å²) in [6.07, 6.45) is 7.09. The van der Waals surface area contributed by atoms with E-state index in [1.807, 2.05) is 13.0 Å². The van der Waals surface area contributed by atoms with Crippen molar-refractivity contribution >= 4 is 23.4 Å². The van der Waals surface area contributed by atoms with Gasteiger partial charge >= 0.3 is 0 Å². The van der Waals surface area contributed by atoms with Gasteiger partial charge in [0.15, 0.2) is 0 Å². The molecular formula is C14H18N6OS. The Labute approximate surface area is 132 Å². The molecule has 0 radical (unpaired) electrons. The highest BCUT2D eigenvalue weighted by molar-refractivity contribution is 7.11. The zero-order valence-corrected chi connectivity index (χ0v) is 13.1. The number of nitrogens with zero attached hydrogens (tertiary/aromatic N) is 3. The lowest BCUT2D eigenvalue weighted by Gasteiger charge is -2.18. The summed E-state index contributed by atoms with van der Waals surface area (Å²) in [4.78, 5) is 4.33. The molecule has 1 aromatic heterocycles. The van der Waals surface area contributed by atoms with Crippen LogP contribution in [0.3, 0.4) is 0 Å². The SMILES string of the molecule is Cc1nnc(CNC2=CC(OCC3CC3)=N/C(=C/C=N)N2)s1. The molecule has 116 valence electrons. The lowest BCUT2D eigenvalue weighted by Crippen LogP contribution is -2.30. The molecule has 0 unspecified atom stereocenters. The second kappa shape index (κ2) is 6.69. The third-order valence-corrected chi connectivity index (χ3v) is 4.00. The first-order valence-corrected chi connectivity index (χ1v) is 7.98. The number of aliphatic imine (C=N–C) groups is 1. The summed E-state index contributed by atoms with van der Waals surface area (Å²) in [6.45, 7) is 3.22. The van der Waals surface area contributed by atoms with Gasteiger partial charge in [0.05, 0.1) is 13.2 Å². The van der Waals surface area contributed by atoms with Crippen LogP contribution in [0.2, 0.25) is 0 Å². The van der Waals surface area contributed by atoms with E-state index < -0.39 is 0 Å². The van der Waals surface area contributed by atoms with E-state index >= 15 is 0 Å². The van der Waals surface area contributed by atoms with Crippen molar-refractivity contribution in [1.29, 1.82) is 5.41 Å². The second-order valence-electron chi connectivity index (χ2n) is 5.17. The Morgan fingerprint density at radius 3 is 3.05 bits per heavy atom. The van der Waals surface area contributed by atoms with Gasteiger partial charge in [-0.25, -0.2) is 0 Å². The first-order valence-electron chi connectivity index (χ1n) is 7.17. The molecule has 1 aliphatic heterocycles. The van der Waals surface area contributed by atoms with Gasteiger partial charge in [0.25, 0.3) is 0 Å². The maximum Gasteiger partial charge on any atom is 0.218 e. The molecule has 0 aromatic carbocycles. The standard InChI is InChI=1S/C14H18N6OS/c1-9-19-20-14(22-9)7-16-12-6-13(21-8-10-2-3-10)18-11(17-12)4-5-15/h4-6,10,15-17H,2-3,7-8H2,1H3/b11-4+,15-5?. The average Bonchev–Trinajstić information content (AvgIpc) is 3.24. The maximum absolute atomic E-state index is 7.18. The van der Waals surface area contributed by atoms with Crippen molar-refractivity contribution in [2.45, 2.75) is 26.3 Å². The van der Waals surface area contributed by atoms with Crippen molar-refractivity contribution in [3.63, 3.8) is 0 Å². The fraction of sp³-hybridized carbons (Fsp3) is 0.429. The summed E-state index contributed by atoms with van der Waals surface area (Å²) in [5.74, 6) is 2.60. The molecule has 22 heavy (non-hydrogen) atoms. The molecule has 1 aromatic rings. The fourth-order valence-electron chi connectivity index (χ4n) is 1.87. The van der Waals surface area contributed by atoms with Crippen LogP contribution in [0.1, 0.15) is 22.9 Å². The number of hydrogen-bond donors (Lipinski definition) is 3. The van der Waals surface area contributed by atoms with E-state index in [1.54, 1.807) is 17.4 Å². The molecule has 1 aliphatic carbocycles. The van der Waals surface area contributed by atoms with Gasteiger partial charge in [-0.2, -0.15) is 4.99 Å². The normalized spacial score (nSPS) is 19.2. The monoisotopic (exact) mass is 318 g/mol. The maximum atomic E-state index is 7.18. The molecule has 1 saturated carbocycles. The van der Waals surface area contributed by atoms with Crippen molar-refractivity contribution in [2.75, 3.05) is 6.61 Å². The molecule has 2 heterocycles. The lowest BCUT2D eigenvalue weighted by atomic mass is 10.4. The Balaban J connectivity index is 1.63. The lowest BCUT2D eigenvalue weighted by molar-refractivity contribution is 0.287. The zero-order valence-electron chi connectivity index (χ0n) is 12.3. The number of hydrogen-bond acceptors (Lipinski definition) is 8. The Kier molecular flexibility index (Phi) is 4.47. The number of allylic oxidation sites excluding steroid dienone is 1. The van der Waals surface area contributed by atoms with Crippen molar-refractivity contribution in [2.24, 2.45) is 10.9 Å². The minimum atomic E-state index is 0.565. The van der Waals surface area contributed by atoms with Gasteiger partial charge in [-0.05, 0) is 31.8 Å². The fourth-order valence-corrected chi connectivity index (χ4v) is 2.52. The Hall–Kier alpha value is -2.22. The van der Waals surface area contributed by atoms with Crippen molar-refractivity contribution in [3.05, 3.63) is 33.8 Å². The van der Waals surface area contributed by atoms with E-state index in [9.17, 15) is 0 Å². The predicted molar refractivity (Wildman–Crippen MR) is 85.7 cm³/mol. The van der Waals surface area contributed by atoms with Crippen LogP contribution in [0, 0.1) is 18.3 Å². The summed E-state index contributed by atoms with van der Waals surface area (Å²) in [7, 11) is 0. The van der Waals surface area contributed by atoms with Crippen LogP contribution in [0.4, 0.5) is 0 Å². The Morgan fingerprint density at radius 1 is 1.50 bits per heavy atom. The van der Waals surface area contributed by atoms with Gasteiger partial charge in [0.1, 0.15) is 21.7 Å². The first-order chi connectivity index (χ1) is 10.7. The van der Waals surface area contributed by atoms with Crippen molar-refractivity contribution in [3.8, 4) is 0 Å². The summed E-state index contributed by atoms with van der Waals surface area (Å²) in [6, 6.07) is 0. The van der Waals surface area contributed by atoms with Crippen LogP contribution < -0.4 is 10.6 Å². The van der Waals surface area contributed by atoms with Crippen molar-refractivity contribution < 1.29 is 4.74 Å². The molecule has 1 fully saturated rings. The minimum absolute atomic E-state index is 0.565. The van der Waals surface area contributed by atoms with E-state index in [2.05, 4.69) is 25.8 Å². The first kappa shape index (κ1) is 14.7. The third-order valence-electron chi connectivity index (χ3n) is 3.16. The van der Waals surface area contributed by atoms with Crippen LogP contribution in [-0.4, -0.2) is 28.9 Å². The van der Waals surface area contributed by atoms with Gasteiger partial charge < -0.3 is 20.8 Å². The number of aromatic nitrogens is 2. The molecule has 3 rings (SSSR count). The van der Waals surface area contributed by atoms with E-state index in [0.717, 1.165) is 15.8 Å². The largest absolute Gasteiger partial charge is 0.477 e. The second-order valence-corrected chi connectivity index (χ2v) is 6.44. The van der Waals surface area contributed by atoms with E-state index in [4.69, 9.17) is 10.1 Å².